The van der Waals surface area contributed by atoms with Crippen LogP contribution in [0.3, 0.4) is 0 Å². The van der Waals surface area contributed by atoms with Crippen LogP contribution in [-0.2, 0) is 4.84 Å². The van der Waals surface area contributed by atoms with Gasteiger partial charge in [0.05, 0.1) is 28.3 Å². The summed E-state index contributed by atoms with van der Waals surface area (Å²) in [5, 5.41) is 11.4. The third-order valence-electron chi connectivity index (χ3n) is 9.16. The van der Waals surface area contributed by atoms with Crippen molar-refractivity contribution in [2.75, 3.05) is 0 Å². The predicted molar refractivity (Wildman–Crippen MR) is 207 cm³/mol. The molecule has 52 heavy (non-hydrogen) atoms. The van der Waals surface area contributed by atoms with Gasteiger partial charge >= 0.3 is 0 Å². The van der Waals surface area contributed by atoms with E-state index in [9.17, 15) is 10.1 Å². The van der Waals surface area contributed by atoms with Gasteiger partial charge in [-0.15, -0.1) is 10.1 Å². The summed E-state index contributed by atoms with van der Waals surface area (Å²) in [5.74, 6) is 0.0499. The van der Waals surface area contributed by atoms with Crippen molar-refractivity contribution in [3.63, 3.8) is 0 Å². The molecule has 2 aliphatic rings. The summed E-state index contributed by atoms with van der Waals surface area (Å²) >= 11 is 0. The number of H-pyrrole nitrogens is 2. The van der Waals surface area contributed by atoms with Gasteiger partial charge in [0.25, 0.3) is 5.09 Å². The molecule has 0 saturated heterocycles. The number of nitrogens with one attached hydrogen (secondary N) is 2. The molecule has 4 aromatic carbocycles. The van der Waals surface area contributed by atoms with Crippen LogP contribution in [0.5, 0.6) is 0 Å². The highest BCUT2D eigenvalue weighted by Crippen LogP contribution is 2.47. The Morgan fingerprint density at radius 1 is 0.538 bits per heavy atom. The van der Waals surface area contributed by atoms with Gasteiger partial charge in [0, 0.05) is 38.8 Å². The lowest BCUT2D eigenvalue weighted by Crippen LogP contribution is -2.01. The zero-order valence-electron chi connectivity index (χ0n) is 27.7. The van der Waals surface area contributed by atoms with E-state index < -0.39 is 5.09 Å². The van der Waals surface area contributed by atoms with E-state index in [1.165, 1.54) is 0 Å². The van der Waals surface area contributed by atoms with Crippen LogP contribution in [0.2, 0.25) is 0 Å². The SMILES string of the molecule is O=[N+]([O-])OC1=C(c2ccccc2)c2nc1cc1ccc(cc3nc(cc4[nH]c(c2-c2ccccc2)c(-c2ccccc2)c4-c2ccccc2)C=C3)[nH]1. The minimum absolute atomic E-state index is 0.0499. The van der Waals surface area contributed by atoms with E-state index in [1.54, 1.807) is 6.07 Å². The molecule has 2 aliphatic heterocycles. The van der Waals surface area contributed by atoms with Gasteiger partial charge in [-0.1, -0.05) is 121 Å². The van der Waals surface area contributed by atoms with E-state index in [1.807, 2.05) is 127 Å². The molecule has 0 amide bonds. The van der Waals surface area contributed by atoms with Crippen molar-refractivity contribution in [1.82, 2.24) is 19.9 Å². The number of nitrogens with zero attached hydrogens (tertiary/aromatic N) is 3. The summed E-state index contributed by atoms with van der Waals surface area (Å²) in [6.07, 6.45) is 4.00. The molecular weight excluding hydrogens is 647 g/mol. The lowest BCUT2D eigenvalue weighted by Gasteiger charge is -2.13. The first-order valence-corrected chi connectivity index (χ1v) is 16.8. The summed E-state index contributed by atoms with van der Waals surface area (Å²) in [6, 6.07) is 49.8. The van der Waals surface area contributed by atoms with Crippen LogP contribution in [0.25, 0.3) is 78.9 Å². The largest absolute Gasteiger partial charge is 0.355 e. The van der Waals surface area contributed by atoms with Crippen molar-refractivity contribution in [3.8, 4) is 33.4 Å². The molecule has 0 aliphatic carbocycles. The minimum atomic E-state index is -0.772. The maximum absolute atomic E-state index is 12.2. The van der Waals surface area contributed by atoms with Crippen LogP contribution in [0, 0.1) is 10.1 Å². The Morgan fingerprint density at radius 2 is 1.06 bits per heavy atom. The predicted octanol–water partition coefficient (Wildman–Crippen LogP) is 10.6. The van der Waals surface area contributed by atoms with E-state index >= 15 is 0 Å². The van der Waals surface area contributed by atoms with Crippen molar-refractivity contribution in [2.45, 2.75) is 0 Å². The van der Waals surface area contributed by atoms with Gasteiger partial charge in [0.1, 0.15) is 0 Å². The molecule has 2 N–H and O–H groups in total. The Labute approximate surface area is 298 Å². The molecule has 0 unspecified atom stereocenters. The van der Waals surface area contributed by atoms with Gasteiger partial charge in [-0.2, -0.15) is 0 Å². The Hall–Kier alpha value is -7.32. The lowest BCUT2D eigenvalue weighted by atomic mass is 9.91. The van der Waals surface area contributed by atoms with Gasteiger partial charge in [-0.05, 0) is 64.7 Å². The fourth-order valence-electron chi connectivity index (χ4n) is 7.01. The molecule has 9 rings (SSSR count). The molecule has 8 nitrogen and oxygen atoms in total. The summed E-state index contributed by atoms with van der Waals surface area (Å²) in [7, 11) is 0. The van der Waals surface area contributed by atoms with E-state index in [0.717, 1.165) is 66.9 Å². The second-order valence-corrected chi connectivity index (χ2v) is 12.5. The highest BCUT2D eigenvalue weighted by Gasteiger charge is 2.30. The molecular formula is C44H29N5O3. The van der Waals surface area contributed by atoms with Gasteiger partial charge in [0.2, 0.25) is 0 Å². The normalized spacial score (nSPS) is 12.2. The molecule has 7 aromatic rings. The average molecular weight is 676 g/mol. The van der Waals surface area contributed by atoms with Crippen molar-refractivity contribution >= 4 is 45.6 Å². The topological polar surface area (TPSA) is 110 Å². The minimum Gasteiger partial charge on any atom is -0.355 e. The van der Waals surface area contributed by atoms with E-state index in [2.05, 4.69) is 40.3 Å². The van der Waals surface area contributed by atoms with Crippen LogP contribution >= 0.6 is 0 Å². The first kappa shape index (κ1) is 30.7. The maximum Gasteiger partial charge on any atom is 0.299 e. The Morgan fingerprint density at radius 3 is 1.65 bits per heavy atom. The average Bonchev–Trinajstić information content (AvgIpc) is 3.97. The fraction of sp³-hybridized carbons (Fsp3) is 0. The van der Waals surface area contributed by atoms with Gasteiger partial charge in [-0.25, -0.2) is 9.97 Å². The number of aromatic nitrogens is 4. The Bertz CT molecular complexity index is 2720. The molecule has 3 aromatic heterocycles. The number of rotatable bonds is 6. The van der Waals surface area contributed by atoms with Gasteiger partial charge in [-0.3, -0.25) is 4.84 Å². The molecule has 0 saturated carbocycles. The zero-order chi connectivity index (χ0) is 35.0. The second kappa shape index (κ2) is 12.9. The Balaban J connectivity index is 1.57. The molecule has 8 bridgehead atoms. The number of hydrogen-bond acceptors (Lipinski definition) is 5. The number of benzene rings is 4. The third kappa shape index (κ3) is 5.64. The monoisotopic (exact) mass is 675 g/mol. The van der Waals surface area contributed by atoms with E-state index in [4.69, 9.17) is 14.8 Å². The molecule has 0 radical (unpaired) electrons. The van der Waals surface area contributed by atoms with Crippen LogP contribution in [0.15, 0.2) is 152 Å². The quantitative estimate of drug-likeness (QED) is 0.135. The molecule has 0 fully saturated rings. The van der Waals surface area contributed by atoms with Crippen molar-refractivity contribution in [1.29, 1.82) is 0 Å². The van der Waals surface area contributed by atoms with E-state index in [-0.39, 0.29) is 5.76 Å². The smallest absolute Gasteiger partial charge is 0.299 e. The first-order chi connectivity index (χ1) is 25.6. The summed E-state index contributed by atoms with van der Waals surface area (Å²) in [5.41, 5.74) is 12.4. The third-order valence-corrected chi connectivity index (χ3v) is 9.16. The van der Waals surface area contributed by atoms with Gasteiger partial charge < -0.3 is 9.97 Å². The van der Waals surface area contributed by atoms with Crippen molar-refractivity contribution in [3.05, 3.63) is 190 Å². The highest BCUT2D eigenvalue weighted by atomic mass is 17.0. The molecule has 0 spiro atoms. The summed E-state index contributed by atoms with van der Waals surface area (Å²) in [4.78, 5) is 35.2. The van der Waals surface area contributed by atoms with Crippen LogP contribution in [0.1, 0.15) is 28.3 Å². The van der Waals surface area contributed by atoms with Crippen LogP contribution in [-0.4, -0.2) is 25.0 Å². The number of aromatic amines is 2. The lowest BCUT2D eigenvalue weighted by molar-refractivity contribution is -0.730. The van der Waals surface area contributed by atoms with Crippen molar-refractivity contribution in [2.24, 2.45) is 0 Å². The molecule has 5 heterocycles. The first-order valence-electron chi connectivity index (χ1n) is 16.8. The molecule has 0 atom stereocenters. The van der Waals surface area contributed by atoms with Crippen LogP contribution in [0.4, 0.5) is 0 Å². The summed E-state index contributed by atoms with van der Waals surface area (Å²) < 4.78 is 0. The number of hydrogen-bond donors (Lipinski definition) is 2. The molecule has 248 valence electrons. The maximum atomic E-state index is 12.2. The fourth-order valence-corrected chi connectivity index (χ4v) is 7.01. The van der Waals surface area contributed by atoms with Crippen LogP contribution < -0.4 is 0 Å². The van der Waals surface area contributed by atoms with Gasteiger partial charge in [0.15, 0.2) is 5.76 Å². The zero-order valence-corrected chi connectivity index (χ0v) is 27.7. The highest BCUT2D eigenvalue weighted by molar-refractivity contribution is 6.11. The second-order valence-electron chi connectivity index (χ2n) is 12.5. The summed E-state index contributed by atoms with van der Waals surface area (Å²) in [6.45, 7) is 0. The Kier molecular flexibility index (Phi) is 7.59. The van der Waals surface area contributed by atoms with E-state index in [0.29, 0.717) is 22.5 Å². The van der Waals surface area contributed by atoms with Crippen molar-refractivity contribution < 1.29 is 9.92 Å². The number of fused-ring (bicyclic) bond motifs is 8. The molecule has 8 heteroatoms. The standard InChI is InChI=1S/C44H29N5O3/c50-49(51)52-44-37-27-35-24-22-33(46-35)25-32-21-23-34(45-32)26-36-38(28-13-5-1-6-14-28)39(29-15-7-2-8-16-29)42(47-36)40(30-17-9-3-10-18-30)43(48-37)41(44)31-19-11-4-12-20-31/h1-27,46-47H.